The summed E-state index contributed by atoms with van der Waals surface area (Å²) in [6.07, 6.45) is 9.18. The Bertz CT molecular complexity index is 1260. The normalized spacial score (nSPS) is 18.8. The van der Waals surface area contributed by atoms with Crippen molar-refractivity contribution in [2.75, 3.05) is 44.0 Å². The van der Waals surface area contributed by atoms with Crippen LogP contribution in [0, 0.1) is 5.82 Å². The molecule has 2 bridgehead atoms. The molecule has 8 nitrogen and oxygen atoms in total. The lowest BCUT2D eigenvalue weighted by Crippen LogP contribution is -2.35. The molecule has 5 rings (SSSR count). The molecule has 0 aliphatic carbocycles. The number of aromatic amines is 1. The van der Waals surface area contributed by atoms with Gasteiger partial charge in [0.25, 0.3) is 5.91 Å². The van der Waals surface area contributed by atoms with Crippen LogP contribution in [0.15, 0.2) is 48.8 Å². The average molecular weight is 478 g/mol. The van der Waals surface area contributed by atoms with Crippen molar-refractivity contribution in [2.24, 2.45) is 0 Å². The van der Waals surface area contributed by atoms with Gasteiger partial charge >= 0.3 is 0 Å². The number of aromatic nitrogens is 2. The van der Waals surface area contributed by atoms with E-state index in [1.165, 1.54) is 13.2 Å². The molecule has 0 unspecified atom stereocenters. The largest absolute Gasteiger partial charge is 0.492 e. The molecule has 1 amide bonds. The van der Waals surface area contributed by atoms with Crippen LogP contribution in [0.2, 0.25) is 0 Å². The molecule has 2 aliphatic rings. The summed E-state index contributed by atoms with van der Waals surface area (Å²) in [5, 5.41) is 9.76. The Balaban J connectivity index is 1.68. The van der Waals surface area contributed by atoms with E-state index >= 15 is 0 Å². The Morgan fingerprint density at radius 3 is 3.03 bits per heavy atom. The number of rotatable bonds is 3. The zero-order valence-electron chi connectivity index (χ0n) is 19.5. The molecule has 2 aliphatic heterocycles. The maximum Gasteiger partial charge on any atom is 0.255 e. The number of anilines is 3. The Morgan fingerprint density at radius 2 is 2.14 bits per heavy atom. The fraction of sp³-hybridized carbons (Fsp3) is 0.308. The van der Waals surface area contributed by atoms with Gasteiger partial charge in [-0.05, 0) is 31.0 Å². The van der Waals surface area contributed by atoms with E-state index in [1.54, 1.807) is 24.5 Å². The van der Waals surface area contributed by atoms with Crippen LogP contribution in [0.4, 0.5) is 21.5 Å². The van der Waals surface area contributed by atoms with Crippen molar-refractivity contribution in [3.8, 4) is 17.0 Å². The second kappa shape index (κ2) is 10.2. The van der Waals surface area contributed by atoms with Crippen LogP contribution in [-0.2, 0) is 4.74 Å². The highest BCUT2D eigenvalue weighted by Gasteiger charge is 2.33. The van der Waals surface area contributed by atoms with Crippen LogP contribution in [0.1, 0.15) is 34.8 Å². The molecule has 182 valence electrons. The number of methoxy groups -OCH3 is 1. The fourth-order valence-corrected chi connectivity index (χ4v) is 4.60. The minimum Gasteiger partial charge on any atom is -0.492 e. The van der Waals surface area contributed by atoms with Crippen molar-refractivity contribution >= 4 is 23.0 Å². The van der Waals surface area contributed by atoms with E-state index in [2.05, 4.69) is 32.0 Å². The lowest BCUT2D eigenvalue weighted by atomic mass is 9.93. The summed E-state index contributed by atoms with van der Waals surface area (Å²) in [5.74, 6) is -0.558. The quantitative estimate of drug-likeness (QED) is 0.412. The highest BCUT2D eigenvalue weighted by Crippen LogP contribution is 2.43. The van der Waals surface area contributed by atoms with Gasteiger partial charge in [-0.3, -0.25) is 9.78 Å². The second-order valence-electron chi connectivity index (χ2n) is 8.49. The first kappa shape index (κ1) is 22.9. The van der Waals surface area contributed by atoms with Crippen LogP contribution in [0.3, 0.4) is 0 Å². The molecule has 35 heavy (non-hydrogen) atoms. The molecule has 0 radical (unpaired) electrons. The SMILES string of the molecule is COc1c(F)cccc1Nc1c2[nH]c3c1C(=O)NC[C@@H]3CCOC/C=C\CCNc1cnccc1-2. The summed E-state index contributed by atoms with van der Waals surface area (Å²) in [7, 11) is 1.42. The van der Waals surface area contributed by atoms with Gasteiger partial charge in [-0.15, -0.1) is 0 Å². The number of fused-ring (bicyclic) bond motifs is 3. The number of nitrogens with zero attached hydrogens (tertiary/aromatic N) is 1. The van der Waals surface area contributed by atoms with Crippen LogP contribution in [-0.4, -0.2) is 49.3 Å². The number of hydrogen-bond donors (Lipinski definition) is 4. The topological polar surface area (TPSA) is 100 Å². The minimum absolute atomic E-state index is 0.0405. The molecule has 0 saturated carbocycles. The second-order valence-corrected chi connectivity index (χ2v) is 8.49. The van der Waals surface area contributed by atoms with Gasteiger partial charge in [-0.25, -0.2) is 4.39 Å². The zero-order chi connectivity index (χ0) is 24.2. The Labute approximate surface area is 202 Å². The number of hydrogen-bond acceptors (Lipinski definition) is 6. The van der Waals surface area contributed by atoms with Gasteiger partial charge in [0, 0.05) is 43.1 Å². The third-order valence-corrected chi connectivity index (χ3v) is 6.31. The fourth-order valence-electron chi connectivity index (χ4n) is 4.60. The summed E-state index contributed by atoms with van der Waals surface area (Å²) in [5.41, 5.74) is 4.74. The molecule has 1 aromatic carbocycles. The van der Waals surface area contributed by atoms with E-state index in [-0.39, 0.29) is 17.6 Å². The van der Waals surface area contributed by atoms with E-state index in [4.69, 9.17) is 9.47 Å². The standard InChI is InChI=1S/C26H28FN5O3/c1-34-25-18(27)6-5-7-19(25)31-24-21-22-16(14-30-26(21)33)9-13-35-12-4-2-3-10-29-20-15-28-11-8-17(20)23(24)32-22/h2,4-8,11,15-16,29,31-32H,3,9-10,12-14H2,1H3,(H,30,33)/b4-2-/t16-/m0/s1. The molecule has 1 atom stereocenters. The van der Waals surface area contributed by atoms with Crippen molar-refractivity contribution in [1.82, 2.24) is 15.3 Å². The van der Waals surface area contributed by atoms with Crippen molar-refractivity contribution in [1.29, 1.82) is 0 Å². The molecule has 4 heterocycles. The van der Waals surface area contributed by atoms with E-state index in [0.717, 1.165) is 35.5 Å². The van der Waals surface area contributed by atoms with Crippen LogP contribution in [0.25, 0.3) is 11.3 Å². The predicted molar refractivity (Wildman–Crippen MR) is 133 cm³/mol. The molecule has 4 N–H and O–H groups in total. The van der Waals surface area contributed by atoms with Crippen molar-refractivity contribution < 1.29 is 18.7 Å². The summed E-state index contributed by atoms with van der Waals surface area (Å²) in [6.45, 7) is 2.33. The molecule has 2 aromatic heterocycles. The highest BCUT2D eigenvalue weighted by atomic mass is 19.1. The third kappa shape index (κ3) is 4.59. The lowest BCUT2D eigenvalue weighted by molar-refractivity contribution is 0.0932. The first-order valence-electron chi connectivity index (χ1n) is 11.7. The first-order valence-corrected chi connectivity index (χ1v) is 11.7. The molecule has 0 spiro atoms. The van der Waals surface area contributed by atoms with Crippen molar-refractivity contribution in [2.45, 2.75) is 18.8 Å². The molecular formula is C26H28FN5O3. The number of nitrogens with one attached hydrogen (secondary N) is 4. The number of para-hydroxylation sites is 1. The summed E-state index contributed by atoms with van der Waals surface area (Å²) in [6, 6.07) is 6.56. The average Bonchev–Trinajstić information content (AvgIpc) is 3.24. The summed E-state index contributed by atoms with van der Waals surface area (Å²) >= 11 is 0. The smallest absolute Gasteiger partial charge is 0.255 e. The molecule has 0 saturated heterocycles. The van der Waals surface area contributed by atoms with Gasteiger partial charge in [0.05, 0.1) is 48.2 Å². The van der Waals surface area contributed by atoms with Crippen molar-refractivity contribution in [3.05, 3.63) is 65.9 Å². The molecular weight excluding hydrogens is 449 g/mol. The summed E-state index contributed by atoms with van der Waals surface area (Å²) < 4.78 is 25.6. The number of carbonyl (C=O) groups is 1. The maximum atomic E-state index is 14.5. The van der Waals surface area contributed by atoms with Gasteiger partial charge < -0.3 is 30.4 Å². The number of carbonyl (C=O) groups excluding carboxylic acids is 1. The zero-order valence-corrected chi connectivity index (χ0v) is 19.5. The lowest BCUT2D eigenvalue weighted by Gasteiger charge is -2.24. The van der Waals surface area contributed by atoms with E-state index in [9.17, 15) is 9.18 Å². The number of amides is 1. The van der Waals surface area contributed by atoms with Gasteiger partial charge in [-0.1, -0.05) is 18.2 Å². The minimum atomic E-state index is -0.489. The van der Waals surface area contributed by atoms with Gasteiger partial charge in [0.15, 0.2) is 11.6 Å². The number of halogens is 1. The van der Waals surface area contributed by atoms with Gasteiger partial charge in [0.2, 0.25) is 0 Å². The Kier molecular flexibility index (Phi) is 6.67. The first-order chi connectivity index (χ1) is 17.2. The molecule has 3 aromatic rings. The Hall–Kier alpha value is -3.85. The predicted octanol–water partition coefficient (Wildman–Crippen LogP) is 4.57. The van der Waals surface area contributed by atoms with Crippen LogP contribution < -0.4 is 20.7 Å². The number of H-pyrrole nitrogens is 1. The summed E-state index contributed by atoms with van der Waals surface area (Å²) in [4.78, 5) is 21.0. The van der Waals surface area contributed by atoms with Gasteiger partial charge in [-0.2, -0.15) is 0 Å². The van der Waals surface area contributed by atoms with Gasteiger partial charge in [0.1, 0.15) is 0 Å². The van der Waals surface area contributed by atoms with E-state index in [0.29, 0.717) is 43.2 Å². The number of pyridine rings is 1. The van der Waals surface area contributed by atoms with E-state index in [1.807, 2.05) is 12.1 Å². The van der Waals surface area contributed by atoms with E-state index < -0.39 is 5.82 Å². The van der Waals surface area contributed by atoms with Crippen LogP contribution in [0.5, 0.6) is 5.75 Å². The van der Waals surface area contributed by atoms with Crippen molar-refractivity contribution in [3.63, 3.8) is 0 Å². The molecule has 9 heteroatoms. The maximum absolute atomic E-state index is 14.5. The monoisotopic (exact) mass is 477 g/mol. The van der Waals surface area contributed by atoms with Crippen LogP contribution >= 0.6 is 0 Å². The number of ether oxygens (including phenoxy) is 2. The third-order valence-electron chi connectivity index (χ3n) is 6.31. The Morgan fingerprint density at radius 1 is 1.23 bits per heavy atom. The molecule has 0 fully saturated rings. The highest BCUT2D eigenvalue weighted by molar-refractivity contribution is 6.07. The number of benzene rings is 1.